The molecule has 0 aliphatic carbocycles. The molecule has 0 aliphatic rings. The van der Waals surface area contributed by atoms with Crippen molar-refractivity contribution < 1.29 is 22.3 Å². The first-order chi connectivity index (χ1) is 9.95. The van der Waals surface area contributed by atoms with Crippen molar-refractivity contribution in [3.05, 3.63) is 54.4 Å². The second kappa shape index (κ2) is 6.15. The maximum Gasteiger partial charge on any atom is 0.266 e. The fourth-order valence-electron chi connectivity index (χ4n) is 1.77. The third kappa shape index (κ3) is 3.34. The molecule has 0 unspecified atom stereocenters. The molecule has 0 spiro atoms. The molecule has 0 aliphatic heterocycles. The predicted octanol–water partition coefficient (Wildman–Crippen LogP) is 1.55. The topological polar surface area (TPSA) is 70.5 Å². The summed E-state index contributed by atoms with van der Waals surface area (Å²) in [7, 11) is -4.15. The summed E-state index contributed by atoms with van der Waals surface area (Å²) in [6.45, 7) is -0.763. The Labute approximate surface area is 120 Å². The fraction of sp³-hybridized carbons (Fsp3) is 0.154. The van der Waals surface area contributed by atoms with E-state index in [1.165, 1.54) is 12.1 Å². The van der Waals surface area contributed by atoms with E-state index in [0.29, 0.717) is 0 Å². The first-order valence-corrected chi connectivity index (χ1v) is 7.39. The molecule has 0 atom stereocenters. The number of pyridine rings is 1. The Morgan fingerprint density at radius 2 is 1.90 bits per heavy atom. The molecule has 8 heteroatoms. The van der Waals surface area contributed by atoms with Crippen LogP contribution in [-0.4, -0.2) is 31.7 Å². The van der Waals surface area contributed by atoms with E-state index >= 15 is 0 Å². The SMILES string of the molecule is O=S(=O)(c1cncc(F)c1)N(CCO)c1cccc(F)c1. The molecule has 1 N–H and O–H groups in total. The normalized spacial score (nSPS) is 11.4. The van der Waals surface area contributed by atoms with Crippen LogP contribution in [0.4, 0.5) is 14.5 Å². The van der Waals surface area contributed by atoms with Crippen LogP contribution >= 0.6 is 0 Å². The van der Waals surface area contributed by atoms with Gasteiger partial charge in [0.25, 0.3) is 10.0 Å². The van der Waals surface area contributed by atoms with E-state index in [9.17, 15) is 17.2 Å². The zero-order valence-corrected chi connectivity index (χ0v) is 11.6. The van der Waals surface area contributed by atoms with Gasteiger partial charge < -0.3 is 5.11 Å². The number of halogens is 2. The fourth-order valence-corrected chi connectivity index (χ4v) is 3.19. The largest absolute Gasteiger partial charge is 0.394 e. The minimum atomic E-state index is -4.15. The van der Waals surface area contributed by atoms with Crippen LogP contribution in [0, 0.1) is 11.6 Å². The molecule has 0 bridgehead atoms. The summed E-state index contributed by atoms with van der Waals surface area (Å²) in [4.78, 5) is 3.11. The van der Waals surface area contributed by atoms with Crippen molar-refractivity contribution in [2.75, 3.05) is 17.5 Å². The van der Waals surface area contributed by atoms with Crippen LogP contribution in [-0.2, 0) is 10.0 Å². The van der Waals surface area contributed by atoms with Crippen molar-refractivity contribution in [2.45, 2.75) is 4.90 Å². The maximum atomic E-state index is 13.3. The van der Waals surface area contributed by atoms with Gasteiger partial charge in [-0.1, -0.05) is 6.07 Å². The average Bonchev–Trinajstić information content (AvgIpc) is 2.44. The van der Waals surface area contributed by atoms with Crippen LogP contribution in [0.2, 0.25) is 0 Å². The Morgan fingerprint density at radius 3 is 2.52 bits per heavy atom. The van der Waals surface area contributed by atoms with Gasteiger partial charge in [0.15, 0.2) is 0 Å². The number of anilines is 1. The molecule has 0 saturated heterocycles. The number of sulfonamides is 1. The van der Waals surface area contributed by atoms with Gasteiger partial charge in [0.05, 0.1) is 25.0 Å². The molecule has 0 amide bonds. The standard InChI is InChI=1S/C13H12F2N2O3S/c14-10-2-1-3-12(6-10)17(4-5-18)21(19,20)13-7-11(15)8-16-9-13/h1-3,6-9,18H,4-5H2. The molecule has 5 nitrogen and oxygen atoms in total. The summed E-state index contributed by atoms with van der Waals surface area (Å²) in [5.41, 5.74) is 0.0355. The Morgan fingerprint density at radius 1 is 1.14 bits per heavy atom. The lowest BCUT2D eigenvalue weighted by Crippen LogP contribution is -2.33. The zero-order chi connectivity index (χ0) is 15.5. The number of rotatable bonds is 5. The summed E-state index contributed by atoms with van der Waals surface area (Å²) >= 11 is 0. The lowest BCUT2D eigenvalue weighted by molar-refractivity contribution is 0.306. The quantitative estimate of drug-likeness (QED) is 0.909. The highest BCUT2D eigenvalue weighted by molar-refractivity contribution is 7.92. The van der Waals surface area contributed by atoms with Gasteiger partial charge in [0.1, 0.15) is 16.5 Å². The highest BCUT2D eigenvalue weighted by Gasteiger charge is 2.25. The van der Waals surface area contributed by atoms with Crippen LogP contribution in [0.1, 0.15) is 0 Å². The second-order valence-corrected chi connectivity index (χ2v) is 5.98. The van der Waals surface area contributed by atoms with Crippen molar-refractivity contribution in [3.8, 4) is 0 Å². The van der Waals surface area contributed by atoms with Gasteiger partial charge in [-0.05, 0) is 24.3 Å². The van der Waals surface area contributed by atoms with Gasteiger partial charge in [-0.15, -0.1) is 0 Å². The number of aliphatic hydroxyl groups excluding tert-OH is 1. The molecule has 2 rings (SSSR count). The minimum Gasteiger partial charge on any atom is -0.394 e. The predicted molar refractivity (Wildman–Crippen MR) is 72.2 cm³/mol. The molecule has 21 heavy (non-hydrogen) atoms. The molecule has 0 radical (unpaired) electrons. The number of aliphatic hydroxyl groups is 1. The van der Waals surface area contributed by atoms with Crippen LogP contribution in [0.15, 0.2) is 47.6 Å². The number of benzene rings is 1. The van der Waals surface area contributed by atoms with E-state index in [4.69, 9.17) is 5.11 Å². The van der Waals surface area contributed by atoms with Gasteiger partial charge in [0, 0.05) is 6.20 Å². The molecule has 1 heterocycles. The highest BCUT2D eigenvalue weighted by atomic mass is 32.2. The summed E-state index contributed by atoms with van der Waals surface area (Å²) in [5.74, 6) is -1.43. The molecule has 2 aromatic rings. The zero-order valence-electron chi connectivity index (χ0n) is 10.8. The summed E-state index contributed by atoms with van der Waals surface area (Å²) in [6.07, 6.45) is 1.86. The lowest BCUT2D eigenvalue weighted by atomic mass is 10.3. The van der Waals surface area contributed by atoms with Gasteiger partial charge in [-0.3, -0.25) is 9.29 Å². The van der Waals surface area contributed by atoms with E-state index in [0.717, 1.165) is 34.9 Å². The van der Waals surface area contributed by atoms with E-state index < -0.39 is 28.3 Å². The molecular weight excluding hydrogens is 302 g/mol. The number of nitrogens with zero attached hydrogens (tertiary/aromatic N) is 2. The van der Waals surface area contributed by atoms with Crippen LogP contribution in [0.5, 0.6) is 0 Å². The molecule has 0 fully saturated rings. The Balaban J connectivity index is 2.51. The van der Waals surface area contributed by atoms with Gasteiger partial charge >= 0.3 is 0 Å². The average molecular weight is 314 g/mol. The Hall–Kier alpha value is -2.06. The van der Waals surface area contributed by atoms with Crippen molar-refractivity contribution in [1.29, 1.82) is 0 Å². The minimum absolute atomic E-state index is 0.0355. The first kappa shape index (κ1) is 15.3. The molecule has 1 aromatic heterocycles. The number of hydrogen-bond acceptors (Lipinski definition) is 4. The van der Waals surface area contributed by atoms with Gasteiger partial charge in [-0.2, -0.15) is 0 Å². The van der Waals surface area contributed by atoms with Crippen LogP contribution < -0.4 is 4.31 Å². The van der Waals surface area contributed by atoms with E-state index in [2.05, 4.69) is 4.98 Å². The maximum absolute atomic E-state index is 13.3. The van der Waals surface area contributed by atoms with Crippen molar-refractivity contribution in [3.63, 3.8) is 0 Å². The second-order valence-electron chi connectivity index (χ2n) is 4.12. The summed E-state index contributed by atoms with van der Waals surface area (Å²) < 4.78 is 52.2. The van der Waals surface area contributed by atoms with Gasteiger partial charge in [0.2, 0.25) is 0 Å². The molecular formula is C13H12F2N2O3S. The molecule has 112 valence electrons. The van der Waals surface area contributed by atoms with E-state index in [1.54, 1.807) is 0 Å². The van der Waals surface area contributed by atoms with Crippen molar-refractivity contribution in [1.82, 2.24) is 4.98 Å². The third-order valence-corrected chi connectivity index (χ3v) is 4.46. The van der Waals surface area contributed by atoms with E-state index in [-0.39, 0.29) is 17.1 Å². The highest BCUT2D eigenvalue weighted by Crippen LogP contribution is 2.23. The van der Waals surface area contributed by atoms with Crippen molar-refractivity contribution >= 4 is 15.7 Å². The number of hydrogen-bond donors (Lipinski definition) is 1. The number of aromatic nitrogens is 1. The Kier molecular flexibility index (Phi) is 4.49. The monoisotopic (exact) mass is 314 g/mol. The van der Waals surface area contributed by atoms with Gasteiger partial charge in [-0.25, -0.2) is 17.2 Å². The first-order valence-electron chi connectivity index (χ1n) is 5.95. The van der Waals surface area contributed by atoms with Crippen LogP contribution in [0.25, 0.3) is 0 Å². The van der Waals surface area contributed by atoms with Crippen LogP contribution in [0.3, 0.4) is 0 Å². The Bertz CT molecular complexity index is 738. The summed E-state index contributed by atoms with van der Waals surface area (Å²) in [5, 5.41) is 9.04. The molecule has 1 aromatic carbocycles. The smallest absolute Gasteiger partial charge is 0.266 e. The summed E-state index contributed by atoms with van der Waals surface area (Å²) in [6, 6.07) is 5.71. The third-order valence-electron chi connectivity index (χ3n) is 2.67. The lowest BCUT2D eigenvalue weighted by Gasteiger charge is -2.23. The van der Waals surface area contributed by atoms with Crippen molar-refractivity contribution in [2.24, 2.45) is 0 Å². The van der Waals surface area contributed by atoms with E-state index in [1.807, 2.05) is 0 Å². The molecule has 0 saturated carbocycles.